The average molecular weight is 286 g/mol. The molecule has 0 bridgehead atoms. The molecule has 1 heterocycles. The monoisotopic (exact) mass is 285 g/mol. The van der Waals surface area contributed by atoms with Gasteiger partial charge in [-0.25, -0.2) is 0 Å². The third-order valence-electron chi connectivity index (χ3n) is 4.09. The first kappa shape index (κ1) is 13.5. The quantitative estimate of drug-likeness (QED) is 0.563. The zero-order valence-electron chi connectivity index (χ0n) is 12.0. The topological polar surface area (TPSA) is 15.8 Å². The number of alkyl halides is 1. The highest BCUT2D eigenvalue weighted by molar-refractivity contribution is 6.21. The van der Waals surface area contributed by atoms with Gasteiger partial charge in [-0.3, -0.25) is 0 Å². The first-order valence-corrected chi connectivity index (χ1v) is 7.78. The highest BCUT2D eigenvalue weighted by Crippen LogP contribution is 2.35. The van der Waals surface area contributed by atoms with Gasteiger partial charge in [-0.2, -0.15) is 0 Å². The van der Waals surface area contributed by atoms with Gasteiger partial charge >= 0.3 is 0 Å². The molecule has 0 radical (unpaired) electrons. The van der Waals surface area contributed by atoms with Crippen LogP contribution in [0.3, 0.4) is 0 Å². The van der Waals surface area contributed by atoms with E-state index in [0.717, 1.165) is 0 Å². The molecule has 104 valence electrons. The Hall–Kier alpha value is -1.47. The molecule has 0 amide bonds. The van der Waals surface area contributed by atoms with Gasteiger partial charge in [-0.1, -0.05) is 44.5 Å². The molecule has 3 rings (SSSR count). The van der Waals surface area contributed by atoms with Crippen molar-refractivity contribution in [1.82, 2.24) is 4.98 Å². The number of halogens is 1. The van der Waals surface area contributed by atoms with Crippen LogP contribution in [0.2, 0.25) is 0 Å². The third kappa shape index (κ3) is 2.31. The lowest BCUT2D eigenvalue weighted by Gasteiger charge is -2.17. The minimum atomic E-state index is 0.0908. The molecule has 3 aromatic rings. The normalized spacial score (nSPS) is 14.8. The molecule has 2 atom stereocenters. The van der Waals surface area contributed by atoms with Crippen LogP contribution >= 0.6 is 11.6 Å². The molecule has 0 aliphatic carbocycles. The Kier molecular flexibility index (Phi) is 3.71. The Labute approximate surface area is 124 Å². The molecular weight excluding hydrogens is 266 g/mol. The van der Waals surface area contributed by atoms with Crippen LogP contribution in [0.5, 0.6) is 0 Å². The van der Waals surface area contributed by atoms with Gasteiger partial charge in [-0.15, -0.1) is 11.6 Å². The Morgan fingerprint density at radius 1 is 1.05 bits per heavy atom. The predicted molar refractivity (Wildman–Crippen MR) is 88.5 cm³/mol. The van der Waals surface area contributed by atoms with E-state index < -0.39 is 0 Å². The van der Waals surface area contributed by atoms with Crippen molar-refractivity contribution in [2.75, 3.05) is 0 Å². The van der Waals surface area contributed by atoms with Gasteiger partial charge in [0.15, 0.2) is 0 Å². The number of hydrogen-bond acceptors (Lipinski definition) is 0. The summed E-state index contributed by atoms with van der Waals surface area (Å²) in [5.74, 6) is 0.504. The molecule has 1 aromatic heterocycles. The Morgan fingerprint density at radius 3 is 2.60 bits per heavy atom. The van der Waals surface area contributed by atoms with Crippen LogP contribution < -0.4 is 0 Å². The maximum atomic E-state index is 6.64. The van der Waals surface area contributed by atoms with E-state index >= 15 is 0 Å². The number of fused-ring (bicyclic) bond motifs is 3. The average Bonchev–Trinajstić information content (AvgIpc) is 2.84. The number of hydrogen-bond donors (Lipinski definition) is 1. The van der Waals surface area contributed by atoms with E-state index in [-0.39, 0.29) is 5.38 Å². The molecule has 0 fully saturated rings. The molecule has 0 spiro atoms. The standard InChI is InChI=1S/C18H20ClN/c1-3-6-12(2)18(19)13-9-10-17-15(11-13)14-7-4-5-8-16(14)20-17/h4-5,7-12,18,20H,3,6H2,1-2H3. The number of H-pyrrole nitrogens is 1. The Morgan fingerprint density at radius 2 is 1.80 bits per heavy atom. The summed E-state index contributed by atoms with van der Waals surface area (Å²) >= 11 is 6.64. The molecule has 2 unspecified atom stereocenters. The maximum absolute atomic E-state index is 6.64. The van der Waals surface area contributed by atoms with Crippen molar-refractivity contribution in [3.63, 3.8) is 0 Å². The fraction of sp³-hybridized carbons (Fsp3) is 0.333. The summed E-state index contributed by atoms with van der Waals surface area (Å²) in [6, 6.07) is 15.0. The SMILES string of the molecule is CCCC(C)C(Cl)c1ccc2[nH]c3ccccc3c2c1. The summed E-state index contributed by atoms with van der Waals surface area (Å²) in [5.41, 5.74) is 3.60. The highest BCUT2D eigenvalue weighted by Gasteiger charge is 2.16. The molecule has 2 heteroatoms. The summed E-state index contributed by atoms with van der Waals surface area (Å²) in [6.45, 7) is 4.45. The molecule has 1 nitrogen and oxygen atoms in total. The van der Waals surface area contributed by atoms with Crippen molar-refractivity contribution >= 4 is 33.4 Å². The van der Waals surface area contributed by atoms with Crippen LogP contribution in [0.25, 0.3) is 21.8 Å². The van der Waals surface area contributed by atoms with E-state index in [2.05, 4.69) is 61.3 Å². The summed E-state index contributed by atoms with van der Waals surface area (Å²) in [7, 11) is 0. The smallest absolute Gasteiger partial charge is 0.0611 e. The van der Waals surface area contributed by atoms with Gasteiger partial charge in [0, 0.05) is 21.8 Å². The second kappa shape index (κ2) is 5.49. The number of aromatic nitrogens is 1. The fourth-order valence-electron chi connectivity index (χ4n) is 2.97. The van der Waals surface area contributed by atoms with Crippen LogP contribution in [0.15, 0.2) is 42.5 Å². The van der Waals surface area contributed by atoms with Crippen molar-refractivity contribution in [2.45, 2.75) is 32.1 Å². The molecular formula is C18H20ClN. The van der Waals surface area contributed by atoms with Gasteiger partial charge in [0.2, 0.25) is 0 Å². The lowest BCUT2D eigenvalue weighted by molar-refractivity contribution is 0.508. The first-order chi connectivity index (χ1) is 9.70. The molecule has 20 heavy (non-hydrogen) atoms. The van der Waals surface area contributed by atoms with Crippen LogP contribution in [-0.4, -0.2) is 4.98 Å². The molecule has 2 aromatic carbocycles. The number of aromatic amines is 1. The lowest BCUT2D eigenvalue weighted by atomic mass is 9.95. The van der Waals surface area contributed by atoms with Gasteiger partial charge in [0.1, 0.15) is 0 Å². The number of rotatable bonds is 4. The molecule has 0 aliphatic rings. The van der Waals surface area contributed by atoms with E-state index in [1.54, 1.807) is 0 Å². The summed E-state index contributed by atoms with van der Waals surface area (Å²) in [5, 5.41) is 2.64. The first-order valence-electron chi connectivity index (χ1n) is 7.35. The van der Waals surface area contributed by atoms with Gasteiger partial charge in [0.05, 0.1) is 5.38 Å². The zero-order valence-corrected chi connectivity index (χ0v) is 12.7. The van der Waals surface area contributed by atoms with E-state index in [4.69, 9.17) is 11.6 Å². The number of para-hydroxylation sites is 1. The largest absolute Gasteiger partial charge is 0.355 e. The summed E-state index contributed by atoms with van der Waals surface area (Å²) < 4.78 is 0. The predicted octanol–water partition coefficient (Wildman–Crippen LogP) is 6.04. The molecule has 0 saturated carbocycles. The summed E-state index contributed by atoms with van der Waals surface area (Å²) in [6.07, 6.45) is 2.35. The maximum Gasteiger partial charge on any atom is 0.0611 e. The van der Waals surface area contributed by atoms with E-state index in [1.807, 2.05) is 0 Å². The molecule has 1 N–H and O–H groups in total. The Bertz CT molecular complexity index is 728. The van der Waals surface area contributed by atoms with Crippen LogP contribution in [-0.2, 0) is 0 Å². The Balaban J connectivity index is 2.07. The lowest BCUT2D eigenvalue weighted by Crippen LogP contribution is -2.03. The zero-order chi connectivity index (χ0) is 14.1. The minimum absolute atomic E-state index is 0.0908. The van der Waals surface area contributed by atoms with Gasteiger partial charge in [-0.05, 0) is 36.1 Å². The van der Waals surface area contributed by atoms with Crippen molar-refractivity contribution in [3.05, 3.63) is 48.0 Å². The number of benzene rings is 2. The van der Waals surface area contributed by atoms with E-state index in [1.165, 1.54) is 40.2 Å². The van der Waals surface area contributed by atoms with Crippen molar-refractivity contribution in [3.8, 4) is 0 Å². The van der Waals surface area contributed by atoms with Gasteiger partial charge < -0.3 is 4.98 Å². The third-order valence-corrected chi connectivity index (χ3v) is 4.77. The van der Waals surface area contributed by atoms with E-state index in [0.29, 0.717) is 5.92 Å². The second-order valence-electron chi connectivity index (χ2n) is 5.64. The van der Waals surface area contributed by atoms with Crippen LogP contribution in [0.4, 0.5) is 0 Å². The second-order valence-corrected chi connectivity index (χ2v) is 6.11. The molecule has 0 aliphatic heterocycles. The highest BCUT2D eigenvalue weighted by atomic mass is 35.5. The van der Waals surface area contributed by atoms with Gasteiger partial charge in [0.25, 0.3) is 0 Å². The van der Waals surface area contributed by atoms with Crippen LogP contribution in [0, 0.1) is 5.92 Å². The molecule has 0 saturated heterocycles. The van der Waals surface area contributed by atoms with E-state index in [9.17, 15) is 0 Å². The number of nitrogens with one attached hydrogen (secondary N) is 1. The van der Waals surface area contributed by atoms with Crippen LogP contribution in [0.1, 0.15) is 37.6 Å². The van der Waals surface area contributed by atoms with Crippen molar-refractivity contribution in [2.24, 2.45) is 5.92 Å². The summed E-state index contributed by atoms with van der Waals surface area (Å²) in [4.78, 5) is 3.46. The van der Waals surface area contributed by atoms with Crippen molar-refractivity contribution < 1.29 is 0 Å². The minimum Gasteiger partial charge on any atom is -0.355 e. The fourth-order valence-corrected chi connectivity index (χ4v) is 3.23. The van der Waals surface area contributed by atoms with Crippen molar-refractivity contribution in [1.29, 1.82) is 0 Å².